The predicted octanol–water partition coefficient (Wildman–Crippen LogP) is 3.05. The van der Waals surface area contributed by atoms with Crippen molar-refractivity contribution in [3.05, 3.63) is 54.1 Å². The number of para-hydroxylation sites is 1. The second-order valence-electron chi connectivity index (χ2n) is 7.87. The molecule has 10 heteroatoms. The van der Waals surface area contributed by atoms with E-state index in [9.17, 15) is 18.0 Å². The number of aromatic nitrogens is 1. The summed E-state index contributed by atoms with van der Waals surface area (Å²) in [6.07, 6.45) is 0.288. The van der Waals surface area contributed by atoms with E-state index in [0.717, 1.165) is 15.8 Å². The molecule has 170 valence electrons. The number of thiazole rings is 1. The van der Waals surface area contributed by atoms with E-state index in [1.807, 2.05) is 45.0 Å². The van der Waals surface area contributed by atoms with Crippen LogP contribution in [0, 0.1) is 12.8 Å². The van der Waals surface area contributed by atoms with Gasteiger partial charge in [0.2, 0.25) is 21.8 Å². The molecule has 3 N–H and O–H groups in total. The third-order valence-electron chi connectivity index (χ3n) is 4.62. The van der Waals surface area contributed by atoms with Crippen LogP contribution in [-0.4, -0.2) is 37.8 Å². The number of aryl methyl sites for hydroxylation is 1. The van der Waals surface area contributed by atoms with Gasteiger partial charge in [-0.15, -0.1) is 0 Å². The number of benzene rings is 2. The van der Waals surface area contributed by atoms with Crippen LogP contribution in [0.2, 0.25) is 0 Å². The van der Waals surface area contributed by atoms with Gasteiger partial charge in [-0.05, 0) is 43.5 Å². The zero-order valence-corrected chi connectivity index (χ0v) is 19.7. The second kappa shape index (κ2) is 10.2. The Labute approximate surface area is 191 Å². The Bertz CT molecular complexity index is 1170. The number of nitrogens with zero attached hydrogens (tertiary/aromatic N) is 1. The normalized spacial score (nSPS) is 12.6. The number of amides is 2. The minimum absolute atomic E-state index is 0.0584. The predicted molar refractivity (Wildman–Crippen MR) is 126 cm³/mol. The number of carbonyl (C=O) groups is 2. The van der Waals surface area contributed by atoms with Crippen LogP contribution >= 0.6 is 11.3 Å². The van der Waals surface area contributed by atoms with Gasteiger partial charge in [0.05, 0.1) is 21.7 Å². The van der Waals surface area contributed by atoms with Gasteiger partial charge in [-0.25, -0.2) is 13.4 Å². The maximum atomic E-state index is 12.7. The van der Waals surface area contributed by atoms with Crippen LogP contribution in [0.15, 0.2) is 53.4 Å². The molecule has 0 saturated heterocycles. The number of nitrogens with one attached hydrogen (secondary N) is 3. The lowest BCUT2D eigenvalue weighted by atomic mass is 10.0. The Morgan fingerprint density at radius 3 is 2.41 bits per heavy atom. The molecule has 3 rings (SSSR count). The first-order valence-corrected chi connectivity index (χ1v) is 12.5. The molecule has 0 aliphatic rings. The van der Waals surface area contributed by atoms with Crippen LogP contribution < -0.4 is 15.4 Å². The Hall–Kier alpha value is -2.82. The number of anilines is 1. The summed E-state index contributed by atoms with van der Waals surface area (Å²) in [6.45, 7) is 5.34. The molecular weight excluding hydrogens is 448 g/mol. The molecule has 0 fully saturated rings. The molecule has 0 aliphatic heterocycles. The molecule has 1 atom stereocenters. The number of sulfonamides is 1. The SMILES string of the molecule is Cc1ccc(S(=O)(=O)N[C@@H](CC(C)C)C(=O)NCC(=O)Nc2nc3ccccc3s2)cc1. The monoisotopic (exact) mass is 474 g/mol. The van der Waals surface area contributed by atoms with Gasteiger partial charge in [0.15, 0.2) is 5.13 Å². The van der Waals surface area contributed by atoms with Crippen molar-refractivity contribution in [2.45, 2.75) is 38.1 Å². The highest BCUT2D eigenvalue weighted by atomic mass is 32.2. The van der Waals surface area contributed by atoms with Crippen molar-refractivity contribution >= 4 is 48.5 Å². The molecule has 0 spiro atoms. The van der Waals surface area contributed by atoms with Crippen LogP contribution in [0.25, 0.3) is 10.2 Å². The fourth-order valence-electron chi connectivity index (χ4n) is 3.03. The fraction of sp³-hybridized carbons (Fsp3) is 0.318. The lowest BCUT2D eigenvalue weighted by Crippen LogP contribution is -2.48. The number of fused-ring (bicyclic) bond motifs is 1. The molecule has 1 aromatic heterocycles. The van der Waals surface area contributed by atoms with E-state index < -0.39 is 27.9 Å². The van der Waals surface area contributed by atoms with Crippen molar-refractivity contribution in [2.75, 3.05) is 11.9 Å². The van der Waals surface area contributed by atoms with E-state index in [2.05, 4.69) is 20.3 Å². The van der Waals surface area contributed by atoms with E-state index in [0.29, 0.717) is 5.13 Å². The lowest BCUT2D eigenvalue weighted by molar-refractivity contribution is -0.125. The molecule has 3 aromatic rings. The van der Waals surface area contributed by atoms with Crippen LogP contribution in [0.5, 0.6) is 0 Å². The van der Waals surface area contributed by atoms with Crippen LogP contribution in [-0.2, 0) is 19.6 Å². The van der Waals surface area contributed by atoms with Crippen molar-refractivity contribution in [1.29, 1.82) is 0 Å². The van der Waals surface area contributed by atoms with Crippen LogP contribution in [0.4, 0.5) is 5.13 Å². The molecule has 1 heterocycles. The maximum Gasteiger partial charge on any atom is 0.245 e. The van der Waals surface area contributed by atoms with Crippen molar-refractivity contribution in [3.63, 3.8) is 0 Å². The quantitative estimate of drug-likeness (QED) is 0.441. The van der Waals surface area contributed by atoms with Gasteiger partial charge in [0.25, 0.3) is 0 Å². The minimum Gasteiger partial charge on any atom is -0.346 e. The Balaban J connectivity index is 1.62. The van der Waals surface area contributed by atoms with E-state index in [4.69, 9.17) is 0 Å². The average Bonchev–Trinajstić information content (AvgIpc) is 3.13. The minimum atomic E-state index is -3.89. The number of rotatable bonds is 9. The summed E-state index contributed by atoms with van der Waals surface area (Å²) in [4.78, 5) is 29.4. The molecule has 0 aliphatic carbocycles. The Kier molecular flexibility index (Phi) is 7.60. The van der Waals surface area contributed by atoms with Gasteiger partial charge in [-0.3, -0.25) is 9.59 Å². The lowest BCUT2D eigenvalue weighted by Gasteiger charge is -2.20. The molecule has 2 amide bonds. The van der Waals surface area contributed by atoms with E-state index in [1.165, 1.54) is 23.5 Å². The van der Waals surface area contributed by atoms with Crippen molar-refractivity contribution in [3.8, 4) is 0 Å². The topological polar surface area (TPSA) is 117 Å². The van der Waals surface area contributed by atoms with Crippen molar-refractivity contribution in [1.82, 2.24) is 15.0 Å². The smallest absolute Gasteiger partial charge is 0.245 e. The third-order valence-corrected chi connectivity index (χ3v) is 7.06. The fourth-order valence-corrected chi connectivity index (χ4v) is 5.12. The molecule has 0 bridgehead atoms. The van der Waals surface area contributed by atoms with E-state index >= 15 is 0 Å². The number of hydrogen-bond acceptors (Lipinski definition) is 6. The zero-order valence-electron chi connectivity index (χ0n) is 18.1. The van der Waals surface area contributed by atoms with Gasteiger partial charge in [0, 0.05) is 0 Å². The molecule has 0 radical (unpaired) electrons. The first-order chi connectivity index (χ1) is 15.1. The van der Waals surface area contributed by atoms with Crippen LogP contribution in [0.3, 0.4) is 0 Å². The summed E-state index contributed by atoms with van der Waals surface area (Å²) in [6, 6.07) is 12.9. The van der Waals surface area contributed by atoms with Gasteiger partial charge < -0.3 is 10.6 Å². The molecule has 8 nitrogen and oxygen atoms in total. The molecule has 32 heavy (non-hydrogen) atoms. The number of hydrogen-bond donors (Lipinski definition) is 3. The summed E-state index contributed by atoms with van der Waals surface area (Å²) in [5, 5.41) is 5.62. The highest BCUT2D eigenvalue weighted by Gasteiger charge is 2.26. The maximum absolute atomic E-state index is 12.7. The van der Waals surface area contributed by atoms with Crippen molar-refractivity contribution in [2.24, 2.45) is 5.92 Å². The molecular formula is C22H26N4O4S2. The van der Waals surface area contributed by atoms with E-state index in [1.54, 1.807) is 12.1 Å². The van der Waals surface area contributed by atoms with Crippen molar-refractivity contribution < 1.29 is 18.0 Å². The second-order valence-corrected chi connectivity index (χ2v) is 10.6. The molecule has 0 unspecified atom stereocenters. The summed E-state index contributed by atoms with van der Waals surface area (Å²) in [5.74, 6) is -0.945. The zero-order chi connectivity index (χ0) is 23.3. The summed E-state index contributed by atoms with van der Waals surface area (Å²) in [5.41, 5.74) is 1.71. The number of carbonyl (C=O) groups excluding carboxylic acids is 2. The first-order valence-electron chi connectivity index (χ1n) is 10.2. The van der Waals surface area contributed by atoms with Crippen LogP contribution in [0.1, 0.15) is 25.8 Å². The first kappa shape index (κ1) is 23.8. The molecule has 0 saturated carbocycles. The standard InChI is InChI=1S/C22H26N4O4S2/c1-14(2)12-18(26-32(29,30)16-10-8-15(3)9-11-16)21(28)23-13-20(27)25-22-24-17-6-4-5-7-19(17)31-22/h4-11,14,18,26H,12-13H2,1-3H3,(H,23,28)(H,24,25,27)/t18-/m0/s1. The van der Waals surface area contributed by atoms with E-state index in [-0.39, 0.29) is 23.8 Å². The van der Waals surface area contributed by atoms with Gasteiger partial charge >= 0.3 is 0 Å². The van der Waals surface area contributed by atoms with Gasteiger partial charge in [-0.1, -0.05) is 55.0 Å². The highest BCUT2D eigenvalue weighted by molar-refractivity contribution is 7.89. The van der Waals surface area contributed by atoms with Gasteiger partial charge in [-0.2, -0.15) is 4.72 Å². The largest absolute Gasteiger partial charge is 0.346 e. The molecule has 2 aromatic carbocycles. The Morgan fingerprint density at radius 1 is 1.06 bits per heavy atom. The Morgan fingerprint density at radius 2 is 1.75 bits per heavy atom. The summed E-state index contributed by atoms with van der Waals surface area (Å²) < 4.78 is 28.9. The third kappa shape index (κ3) is 6.35. The summed E-state index contributed by atoms with van der Waals surface area (Å²) >= 11 is 1.33. The average molecular weight is 475 g/mol. The highest BCUT2D eigenvalue weighted by Crippen LogP contribution is 2.25. The summed E-state index contributed by atoms with van der Waals surface area (Å²) in [7, 11) is -3.89. The van der Waals surface area contributed by atoms with Gasteiger partial charge in [0.1, 0.15) is 6.04 Å².